The molecule has 3 aromatic rings. The van der Waals surface area contributed by atoms with Gasteiger partial charge in [0.15, 0.2) is 0 Å². The molecule has 0 bridgehead atoms. The standard InChI is InChI=1S/C33H39NO4/c1-4-6-7-25-10-14-27(15-11-25)23-34(19-18-31(35)36)32(37)28-16-17-30-29(20-28)22-33(3,38-30)21-26-12-8-24(5-2)9-13-26/h8-17,20H,4-7,18-19,21-23H2,1-3H3,(H,35,36)/t33-/m1/s1. The fraction of sp³-hybridized carbons (Fsp3) is 0.394. The maximum Gasteiger partial charge on any atom is 0.305 e. The lowest BCUT2D eigenvalue weighted by Crippen LogP contribution is -2.33. The van der Waals surface area contributed by atoms with Crippen LogP contribution in [0.4, 0.5) is 0 Å². The highest BCUT2D eigenvalue weighted by atomic mass is 16.5. The molecule has 0 saturated carbocycles. The number of unbranched alkanes of at least 4 members (excludes halogenated alkanes) is 1. The molecular formula is C33H39NO4. The Morgan fingerprint density at radius 3 is 2.24 bits per heavy atom. The topological polar surface area (TPSA) is 66.8 Å². The van der Waals surface area contributed by atoms with Crippen LogP contribution in [0.1, 0.15) is 78.2 Å². The Kier molecular flexibility index (Phi) is 8.88. The predicted molar refractivity (Wildman–Crippen MR) is 151 cm³/mol. The van der Waals surface area contributed by atoms with E-state index in [1.54, 1.807) is 11.0 Å². The van der Waals surface area contributed by atoms with Crippen LogP contribution in [-0.2, 0) is 37.0 Å². The summed E-state index contributed by atoms with van der Waals surface area (Å²) >= 11 is 0. The summed E-state index contributed by atoms with van der Waals surface area (Å²) < 4.78 is 6.36. The zero-order valence-corrected chi connectivity index (χ0v) is 22.8. The van der Waals surface area contributed by atoms with Gasteiger partial charge in [-0.05, 0) is 72.2 Å². The van der Waals surface area contributed by atoms with Crippen molar-refractivity contribution in [1.29, 1.82) is 0 Å². The molecule has 1 amide bonds. The number of fused-ring (bicyclic) bond motifs is 1. The van der Waals surface area contributed by atoms with E-state index in [0.717, 1.165) is 49.0 Å². The number of ether oxygens (including phenoxy) is 1. The first-order valence-corrected chi connectivity index (χ1v) is 13.8. The lowest BCUT2D eigenvalue weighted by molar-refractivity contribution is -0.137. The number of aryl methyl sites for hydroxylation is 2. The van der Waals surface area contributed by atoms with E-state index >= 15 is 0 Å². The van der Waals surface area contributed by atoms with Gasteiger partial charge in [0, 0.05) is 31.5 Å². The van der Waals surface area contributed by atoms with E-state index in [9.17, 15) is 14.7 Å². The van der Waals surface area contributed by atoms with Crippen LogP contribution < -0.4 is 4.74 Å². The number of rotatable bonds is 12. The molecule has 0 unspecified atom stereocenters. The molecule has 200 valence electrons. The highest BCUT2D eigenvalue weighted by Crippen LogP contribution is 2.37. The van der Waals surface area contributed by atoms with Gasteiger partial charge in [-0.3, -0.25) is 9.59 Å². The summed E-state index contributed by atoms with van der Waals surface area (Å²) in [4.78, 5) is 26.5. The lowest BCUT2D eigenvalue weighted by atomic mass is 9.91. The highest BCUT2D eigenvalue weighted by molar-refractivity contribution is 5.95. The maximum atomic E-state index is 13.6. The molecule has 5 heteroatoms. The Morgan fingerprint density at radius 2 is 1.58 bits per heavy atom. The molecule has 1 aliphatic heterocycles. The minimum absolute atomic E-state index is 0.0940. The lowest BCUT2D eigenvalue weighted by Gasteiger charge is -2.24. The van der Waals surface area contributed by atoms with Gasteiger partial charge >= 0.3 is 5.97 Å². The van der Waals surface area contributed by atoms with Crippen molar-refractivity contribution < 1.29 is 19.4 Å². The van der Waals surface area contributed by atoms with Crippen LogP contribution in [0.15, 0.2) is 66.7 Å². The normalized spacial score (nSPS) is 16.1. The quantitative estimate of drug-likeness (QED) is 0.295. The van der Waals surface area contributed by atoms with Crippen LogP contribution in [0, 0.1) is 0 Å². The Bertz CT molecular complexity index is 1250. The second-order valence-electron chi connectivity index (χ2n) is 10.7. The third-order valence-electron chi connectivity index (χ3n) is 7.34. The highest BCUT2D eigenvalue weighted by Gasteiger charge is 2.35. The molecule has 1 aliphatic rings. The number of hydrogen-bond donors (Lipinski definition) is 1. The van der Waals surface area contributed by atoms with Gasteiger partial charge < -0.3 is 14.7 Å². The molecular weight excluding hydrogens is 474 g/mol. The Balaban J connectivity index is 1.47. The number of nitrogens with zero attached hydrogens (tertiary/aromatic N) is 1. The van der Waals surface area contributed by atoms with E-state index in [1.807, 2.05) is 24.3 Å². The van der Waals surface area contributed by atoms with Crippen molar-refractivity contribution in [1.82, 2.24) is 4.90 Å². The Hall–Kier alpha value is -3.60. The van der Waals surface area contributed by atoms with Gasteiger partial charge in [0.05, 0.1) is 6.42 Å². The molecule has 38 heavy (non-hydrogen) atoms. The van der Waals surface area contributed by atoms with Gasteiger partial charge in [0.1, 0.15) is 11.4 Å². The number of hydrogen-bond acceptors (Lipinski definition) is 3. The van der Waals surface area contributed by atoms with Gasteiger partial charge in [-0.1, -0.05) is 68.8 Å². The van der Waals surface area contributed by atoms with Crippen molar-refractivity contribution in [2.75, 3.05) is 6.54 Å². The van der Waals surface area contributed by atoms with Gasteiger partial charge in [0.2, 0.25) is 0 Å². The smallest absolute Gasteiger partial charge is 0.305 e. The van der Waals surface area contributed by atoms with Gasteiger partial charge in [-0.2, -0.15) is 0 Å². The average Bonchev–Trinajstić information content (AvgIpc) is 3.25. The van der Waals surface area contributed by atoms with Crippen LogP contribution in [0.3, 0.4) is 0 Å². The largest absolute Gasteiger partial charge is 0.487 e. The summed E-state index contributed by atoms with van der Waals surface area (Å²) in [6.45, 7) is 6.98. The van der Waals surface area contributed by atoms with Crippen LogP contribution in [0.2, 0.25) is 0 Å². The number of carboxylic acids is 1. The monoisotopic (exact) mass is 513 g/mol. The molecule has 1 atom stereocenters. The third-order valence-corrected chi connectivity index (χ3v) is 7.34. The molecule has 0 aromatic heterocycles. The van der Waals surface area contributed by atoms with Crippen molar-refractivity contribution in [3.63, 3.8) is 0 Å². The molecule has 0 saturated heterocycles. The number of carbonyl (C=O) groups is 2. The van der Waals surface area contributed by atoms with E-state index in [2.05, 4.69) is 57.2 Å². The summed E-state index contributed by atoms with van der Waals surface area (Å²) in [7, 11) is 0. The maximum absolute atomic E-state index is 13.6. The predicted octanol–water partition coefficient (Wildman–Crippen LogP) is 6.65. The fourth-order valence-electron chi connectivity index (χ4n) is 5.16. The van der Waals surface area contributed by atoms with Gasteiger partial charge in [-0.15, -0.1) is 0 Å². The SMILES string of the molecule is CCCCc1ccc(CN(CCC(=O)O)C(=O)c2ccc3c(c2)C[C@@](C)(Cc2ccc(CC)cc2)O3)cc1. The third kappa shape index (κ3) is 7.03. The molecule has 0 spiro atoms. The number of carboxylic acid groups (broad SMARTS) is 1. The van der Waals surface area contributed by atoms with E-state index < -0.39 is 5.97 Å². The molecule has 0 radical (unpaired) electrons. The van der Waals surface area contributed by atoms with Crippen molar-refractivity contribution in [3.8, 4) is 5.75 Å². The minimum Gasteiger partial charge on any atom is -0.487 e. The first-order valence-electron chi connectivity index (χ1n) is 13.8. The molecule has 5 nitrogen and oxygen atoms in total. The zero-order valence-electron chi connectivity index (χ0n) is 22.8. The van der Waals surface area contributed by atoms with Crippen LogP contribution in [0.5, 0.6) is 5.75 Å². The van der Waals surface area contributed by atoms with Gasteiger partial charge in [0.25, 0.3) is 5.91 Å². The number of carbonyl (C=O) groups excluding carboxylic acids is 1. The van der Waals surface area contributed by atoms with E-state index in [0.29, 0.717) is 18.5 Å². The van der Waals surface area contributed by atoms with Crippen molar-refractivity contribution >= 4 is 11.9 Å². The summed E-state index contributed by atoms with van der Waals surface area (Å²) in [5.74, 6) is -0.260. The number of benzene rings is 3. The summed E-state index contributed by atoms with van der Waals surface area (Å²) in [6.07, 6.45) is 5.76. The van der Waals surface area contributed by atoms with E-state index in [-0.39, 0.29) is 24.5 Å². The first-order chi connectivity index (χ1) is 18.3. The Morgan fingerprint density at radius 1 is 0.921 bits per heavy atom. The molecule has 0 fully saturated rings. The van der Waals surface area contributed by atoms with Crippen molar-refractivity contribution in [3.05, 3.63) is 100 Å². The molecule has 3 aromatic carbocycles. The molecule has 1 heterocycles. The molecule has 4 rings (SSSR count). The summed E-state index contributed by atoms with van der Waals surface area (Å²) in [5.41, 5.74) is 6.03. The summed E-state index contributed by atoms with van der Waals surface area (Å²) in [5, 5.41) is 9.28. The average molecular weight is 514 g/mol. The second kappa shape index (κ2) is 12.3. The van der Waals surface area contributed by atoms with Crippen molar-refractivity contribution in [2.45, 2.75) is 77.9 Å². The molecule has 1 N–H and O–H groups in total. The second-order valence-corrected chi connectivity index (χ2v) is 10.7. The van der Waals surface area contributed by atoms with Crippen LogP contribution in [-0.4, -0.2) is 34.0 Å². The van der Waals surface area contributed by atoms with Crippen molar-refractivity contribution in [2.24, 2.45) is 0 Å². The number of amides is 1. The first kappa shape index (κ1) is 27.4. The van der Waals surface area contributed by atoms with Crippen LogP contribution in [0.25, 0.3) is 0 Å². The zero-order chi connectivity index (χ0) is 27.1. The summed E-state index contributed by atoms with van der Waals surface area (Å²) in [6, 6.07) is 22.6. The minimum atomic E-state index is -0.914. The van der Waals surface area contributed by atoms with E-state index in [4.69, 9.17) is 4.74 Å². The van der Waals surface area contributed by atoms with Gasteiger partial charge in [-0.25, -0.2) is 0 Å². The van der Waals surface area contributed by atoms with Crippen LogP contribution >= 0.6 is 0 Å². The molecule has 0 aliphatic carbocycles. The van der Waals surface area contributed by atoms with E-state index in [1.165, 1.54) is 16.7 Å². The number of aliphatic carboxylic acids is 1. The fourth-order valence-corrected chi connectivity index (χ4v) is 5.16. The Labute approximate surface area is 226 Å².